The lowest BCUT2D eigenvalue weighted by atomic mass is 10.0. The van der Waals surface area contributed by atoms with Crippen molar-refractivity contribution in [1.29, 1.82) is 0 Å². The van der Waals surface area contributed by atoms with Gasteiger partial charge in [0, 0.05) is 24.7 Å². The van der Waals surface area contributed by atoms with E-state index in [0.29, 0.717) is 31.6 Å². The molecular formula is C17H19NO3. The van der Waals surface area contributed by atoms with Gasteiger partial charge in [-0.25, -0.2) is 4.79 Å². The van der Waals surface area contributed by atoms with Crippen molar-refractivity contribution in [2.75, 3.05) is 13.2 Å². The Labute approximate surface area is 124 Å². The summed E-state index contributed by atoms with van der Waals surface area (Å²) in [5, 5.41) is 0. The molecule has 1 aliphatic heterocycles. The van der Waals surface area contributed by atoms with Crippen LogP contribution in [0.4, 0.5) is 4.79 Å². The van der Waals surface area contributed by atoms with Crippen LogP contribution in [0.2, 0.25) is 0 Å². The minimum atomic E-state index is -0.394. The molecule has 0 fully saturated rings. The Bertz CT molecular complexity index is 561. The smallest absolute Gasteiger partial charge is 0.413 e. The fraction of sp³-hybridized carbons (Fsp3) is 0.294. The molecule has 0 unspecified atom stereocenters. The molecule has 0 bridgehead atoms. The predicted molar refractivity (Wildman–Crippen MR) is 81.5 cm³/mol. The molecule has 0 aromatic heterocycles. The summed E-state index contributed by atoms with van der Waals surface area (Å²) >= 11 is 0. The number of allylic oxidation sites excluding steroid dienone is 2. The van der Waals surface area contributed by atoms with Gasteiger partial charge >= 0.3 is 6.09 Å². The number of hydrogen-bond acceptors (Lipinski definition) is 3. The molecule has 0 N–H and O–H groups in total. The minimum absolute atomic E-state index is 0.0910. The Morgan fingerprint density at radius 2 is 2.10 bits per heavy atom. The first-order chi connectivity index (χ1) is 10.2. The first kappa shape index (κ1) is 15.0. The zero-order chi connectivity index (χ0) is 15.1. The first-order valence-corrected chi connectivity index (χ1v) is 7.09. The Morgan fingerprint density at radius 1 is 1.33 bits per heavy atom. The second-order valence-electron chi connectivity index (χ2n) is 4.74. The molecule has 110 valence electrons. The van der Waals surface area contributed by atoms with Crippen LogP contribution in [0.5, 0.6) is 0 Å². The molecule has 1 amide bonds. The number of Topliss-reactive ketones (excluding diaryl/α,β-unsaturated/α-hetero) is 1. The molecule has 1 aromatic rings. The van der Waals surface area contributed by atoms with Gasteiger partial charge in [0.05, 0.1) is 6.61 Å². The van der Waals surface area contributed by atoms with Crippen molar-refractivity contribution in [3.8, 4) is 0 Å². The quantitative estimate of drug-likeness (QED) is 0.851. The lowest BCUT2D eigenvalue weighted by molar-refractivity contribution is -0.116. The number of nitrogens with zero attached hydrogens (tertiary/aromatic N) is 1. The van der Waals surface area contributed by atoms with Crippen LogP contribution in [0.1, 0.15) is 25.3 Å². The predicted octanol–water partition coefficient (Wildman–Crippen LogP) is 3.41. The number of hydrogen-bond donors (Lipinski definition) is 0. The fourth-order valence-electron chi connectivity index (χ4n) is 2.11. The number of ketones is 1. The average molecular weight is 285 g/mol. The van der Waals surface area contributed by atoms with Crippen molar-refractivity contribution in [3.05, 3.63) is 53.7 Å². The molecule has 0 saturated heterocycles. The monoisotopic (exact) mass is 285 g/mol. The van der Waals surface area contributed by atoms with Crippen LogP contribution in [-0.2, 0) is 9.53 Å². The average Bonchev–Trinajstić information content (AvgIpc) is 2.50. The molecule has 0 atom stereocenters. The van der Waals surface area contributed by atoms with E-state index in [1.54, 1.807) is 13.1 Å². The summed E-state index contributed by atoms with van der Waals surface area (Å²) in [4.78, 5) is 25.0. The van der Waals surface area contributed by atoms with Gasteiger partial charge in [-0.3, -0.25) is 9.69 Å². The molecule has 1 aromatic carbocycles. The highest BCUT2D eigenvalue weighted by Gasteiger charge is 2.22. The molecule has 4 nitrogen and oxygen atoms in total. The van der Waals surface area contributed by atoms with Gasteiger partial charge in [-0.1, -0.05) is 42.5 Å². The van der Waals surface area contributed by atoms with E-state index >= 15 is 0 Å². The summed E-state index contributed by atoms with van der Waals surface area (Å²) < 4.78 is 4.95. The van der Waals surface area contributed by atoms with Crippen molar-refractivity contribution in [3.63, 3.8) is 0 Å². The number of benzene rings is 1. The number of carbonyl (C=O) groups is 2. The molecule has 0 radical (unpaired) electrons. The zero-order valence-electron chi connectivity index (χ0n) is 12.1. The van der Waals surface area contributed by atoms with Gasteiger partial charge < -0.3 is 4.74 Å². The highest BCUT2D eigenvalue weighted by atomic mass is 16.6. The van der Waals surface area contributed by atoms with Crippen molar-refractivity contribution < 1.29 is 14.3 Å². The molecule has 0 saturated carbocycles. The number of rotatable bonds is 4. The summed E-state index contributed by atoms with van der Waals surface area (Å²) in [5.74, 6) is 0.0910. The lowest BCUT2D eigenvalue weighted by Gasteiger charge is -2.23. The normalized spacial score (nSPS) is 15.2. The Balaban J connectivity index is 2.01. The van der Waals surface area contributed by atoms with Crippen LogP contribution in [0, 0.1) is 0 Å². The van der Waals surface area contributed by atoms with E-state index in [4.69, 9.17) is 4.74 Å². The summed E-state index contributed by atoms with van der Waals surface area (Å²) in [6, 6.07) is 9.89. The van der Waals surface area contributed by atoms with Crippen LogP contribution < -0.4 is 0 Å². The van der Waals surface area contributed by atoms with Crippen LogP contribution in [0.3, 0.4) is 0 Å². The summed E-state index contributed by atoms with van der Waals surface area (Å²) in [5.41, 5.74) is 1.73. The molecule has 4 heteroatoms. The van der Waals surface area contributed by atoms with Crippen molar-refractivity contribution in [2.24, 2.45) is 0 Å². The van der Waals surface area contributed by atoms with E-state index in [1.807, 2.05) is 42.5 Å². The molecule has 2 rings (SSSR count). The van der Waals surface area contributed by atoms with Gasteiger partial charge in [0.25, 0.3) is 0 Å². The van der Waals surface area contributed by atoms with Gasteiger partial charge in [0.15, 0.2) is 5.78 Å². The van der Waals surface area contributed by atoms with E-state index in [9.17, 15) is 9.59 Å². The number of amides is 1. The standard InChI is InChI=1S/C17H19NO3/c1-2-21-17(20)18-12-11-16(19)15(13-18)10-6-9-14-7-4-3-5-8-14/h3-9,13H,2,10-12H2,1H3/b9-6+. The van der Waals surface area contributed by atoms with E-state index in [2.05, 4.69) is 0 Å². The maximum Gasteiger partial charge on any atom is 0.413 e. The summed E-state index contributed by atoms with van der Waals surface area (Å²) in [6.45, 7) is 2.49. The summed E-state index contributed by atoms with van der Waals surface area (Å²) in [7, 11) is 0. The zero-order valence-corrected chi connectivity index (χ0v) is 12.1. The molecule has 1 heterocycles. The van der Waals surface area contributed by atoms with E-state index in [1.165, 1.54) is 4.90 Å². The summed E-state index contributed by atoms with van der Waals surface area (Å²) in [6.07, 6.45) is 5.99. The Kier molecular flexibility index (Phi) is 5.32. The maximum atomic E-state index is 11.9. The van der Waals surface area contributed by atoms with Crippen molar-refractivity contribution in [1.82, 2.24) is 4.90 Å². The van der Waals surface area contributed by atoms with Crippen LogP contribution in [0.15, 0.2) is 48.2 Å². The first-order valence-electron chi connectivity index (χ1n) is 7.09. The molecular weight excluding hydrogens is 266 g/mol. The highest BCUT2D eigenvalue weighted by Crippen LogP contribution is 2.16. The van der Waals surface area contributed by atoms with Gasteiger partial charge in [0.1, 0.15) is 0 Å². The third kappa shape index (κ3) is 4.31. The van der Waals surface area contributed by atoms with Gasteiger partial charge in [0.2, 0.25) is 0 Å². The number of carbonyl (C=O) groups excluding carboxylic acids is 2. The van der Waals surface area contributed by atoms with E-state index in [-0.39, 0.29) is 5.78 Å². The second-order valence-corrected chi connectivity index (χ2v) is 4.74. The highest BCUT2D eigenvalue weighted by molar-refractivity contribution is 5.97. The lowest BCUT2D eigenvalue weighted by Crippen LogP contribution is -2.33. The Morgan fingerprint density at radius 3 is 2.81 bits per heavy atom. The van der Waals surface area contributed by atoms with Crippen molar-refractivity contribution in [2.45, 2.75) is 19.8 Å². The van der Waals surface area contributed by atoms with E-state index < -0.39 is 6.09 Å². The molecule has 0 spiro atoms. The van der Waals surface area contributed by atoms with Crippen LogP contribution in [-0.4, -0.2) is 29.9 Å². The second kappa shape index (κ2) is 7.43. The SMILES string of the molecule is CCOC(=O)N1C=C(C/C=C/c2ccccc2)C(=O)CC1. The number of ether oxygens (including phenoxy) is 1. The van der Waals surface area contributed by atoms with Gasteiger partial charge in [-0.2, -0.15) is 0 Å². The Hall–Kier alpha value is -2.36. The molecule has 0 aliphatic carbocycles. The third-order valence-electron chi connectivity index (χ3n) is 3.20. The van der Waals surface area contributed by atoms with Crippen LogP contribution >= 0.6 is 0 Å². The van der Waals surface area contributed by atoms with Gasteiger partial charge in [-0.15, -0.1) is 0 Å². The van der Waals surface area contributed by atoms with E-state index in [0.717, 1.165) is 5.56 Å². The maximum absolute atomic E-state index is 11.9. The largest absolute Gasteiger partial charge is 0.449 e. The molecule has 1 aliphatic rings. The third-order valence-corrected chi connectivity index (χ3v) is 3.20. The van der Waals surface area contributed by atoms with Crippen molar-refractivity contribution >= 4 is 18.0 Å². The molecule has 21 heavy (non-hydrogen) atoms. The van der Waals surface area contributed by atoms with Gasteiger partial charge in [-0.05, 0) is 18.9 Å². The van der Waals surface area contributed by atoms with Crippen LogP contribution in [0.25, 0.3) is 6.08 Å². The fourth-order valence-corrected chi connectivity index (χ4v) is 2.11. The minimum Gasteiger partial charge on any atom is -0.449 e. The topological polar surface area (TPSA) is 46.6 Å².